The number of imidazole rings is 1. The van der Waals surface area contributed by atoms with E-state index in [-0.39, 0.29) is 0 Å². The van der Waals surface area contributed by atoms with Crippen LogP contribution < -0.4 is 0 Å². The summed E-state index contributed by atoms with van der Waals surface area (Å²) in [4.78, 5) is 7.28. The Morgan fingerprint density at radius 3 is 3.06 bits per heavy atom. The van der Waals surface area contributed by atoms with E-state index < -0.39 is 0 Å². The fourth-order valence-corrected chi connectivity index (χ4v) is 3.45. The van der Waals surface area contributed by atoms with Gasteiger partial charge in [-0.2, -0.15) is 0 Å². The van der Waals surface area contributed by atoms with Crippen molar-refractivity contribution in [2.45, 2.75) is 51.5 Å². The minimum Gasteiger partial charge on any atom is -0.329 e. The molecule has 3 nitrogen and oxygen atoms in total. The first-order chi connectivity index (χ1) is 8.29. The maximum Gasteiger partial charge on any atom is 0.113 e. The standard InChI is InChI=1S/C14H23N3/c1-3-16-8-7-12(10-16)14-15-9-13-6-4-5-11(2)17(13)14/h9,11-12H,3-8,10H2,1-2H3. The second-order valence-electron chi connectivity index (χ2n) is 5.60. The van der Waals surface area contributed by atoms with E-state index in [4.69, 9.17) is 4.98 Å². The molecule has 0 amide bonds. The van der Waals surface area contributed by atoms with Crippen LogP contribution in [0.4, 0.5) is 0 Å². The van der Waals surface area contributed by atoms with E-state index in [1.807, 2.05) is 0 Å². The highest BCUT2D eigenvalue weighted by atomic mass is 15.2. The molecular weight excluding hydrogens is 210 g/mol. The molecule has 0 aromatic carbocycles. The molecule has 3 heterocycles. The fraction of sp³-hybridized carbons (Fsp3) is 0.786. The molecule has 0 N–H and O–H groups in total. The lowest BCUT2D eigenvalue weighted by Gasteiger charge is -2.26. The van der Waals surface area contributed by atoms with E-state index in [9.17, 15) is 0 Å². The number of hydrogen-bond acceptors (Lipinski definition) is 2. The second kappa shape index (κ2) is 4.45. The van der Waals surface area contributed by atoms with Crippen molar-refractivity contribution in [3.05, 3.63) is 17.7 Å². The third kappa shape index (κ3) is 1.90. The Morgan fingerprint density at radius 1 is 1.41 bits per heavy atom. The Labute approximate surface area is 104 Å². The van der Waals surface area contributed by atoms with E-state index in [2.05, 4.69) is 29.5 Å². The molecule has 1 aromatic rings. The number of fused-ring (bicyclic) bond motifs is 1. The van der Waals surface area contributed by atoms with Crippen LogP contribution in [0.5, 0.6) is 0 Å². The van der Waals surface area contributed by atoms with E-state index >= 15 is 0 Å². The molecule has 1 fully saturated rings. The first-order valence-electron chi connectivity index (χ1n) is 7.08. The zero-order chi connectivity index (χ0) is 11.8. The molecule has 1 aromatic heterocycles. The van der Waals surface area contributed by atoms with Crippen LogP contribution in [-0.2, 0) is 6.42 Å². The van der Waals surface area contributed by atoms with Gasteiger partial charge in [0, 0.05) is 30.4 Å². The topological polar surface area (TPSA) is 21.1 Å². The van der Waals surface area contributed by atoms with Crippen LogP contribution in [0, 0.1) is 0 Å². The van der Waals surface area contributed by atoms with Crippen LogP contribution in [0.25, 0.3) is 0 Å². The third-order valence-electron chi connectivity index (χ3n) is 4.48. The number of rotatable bonds is 2. The first-order valence-corrected chi connectivity index (χ1v) is 7.08. The molecule has 0 radical (unpaired) electrons. The second-order valence-corrected chi connectivity index (χ2v) is 5.60. The van der Waals surface area contributed by atoms with Gasteiger partial charge in [0.05, 0.1) is 0 Å². The first kappa shape index (κ1) is 11.3. The summed E-state index contributed by atoms with van der Waals surface area (Å²) in [6.45, 7) is 8.24. The zero-order valence-electron chi connectivity index (χ0n) is 11.0. The van der Waals surface area contributed by atoms with Gasteiger partial charge in [-0.3, -0.25) is 0 Å². The van der Waals surface area contributed by atoms with Gasteiger partial charge in [0.15, 0.2) is 0 Å². The van der Waals surface area contributed by atoms with Crippen LogP contribution in [-0.4, -0.2) is 34.1 Å². The van der Waals surface area contributed by atoms with Gasteiger partial charge in [-0.1, -0.05) is 6.92 Å². The fourth-order valence-electron chi connectivity index (χ4n) is 3.45. The summed E-state index contributed by atoms with van der Waals surface area (Å²) in [6, 6.07) is 0.659. The van der Waals surface area contributed by atoms with E-state index in [1.165, 1.54) is 56.8 Å². The van der Waals surface area contributed by atoms with Gasteiger partial charge in [0.2, 0.25) is 0 Å². The van der Waals surface area contributed by atoms with Crippen LogP contribution in [0.15, 0.2) is 6.20 Å². The molecule has 0 aliphatic carbocycles. The molecule has 17 heavy (non-hydrogen) atoms. The molecule has 2 aliphatic rings. The van der Waals surface area contributed by atoms with Gasteiger partial charge < -0.3 is 9.47 Å². The van der Waals surface area contributed by atoms with Crippen molar-refractivity contribution in [1.29, 1.82) is 0 Å². The Kier molecular flexibility index (Phi) is 2.95. The summed E-state index contributed by atoms with van der Waals surface area (Å²) in [5, 5.41) is 0. The van der Waals surface area contributed by atoms with Crippen molar-refractivity contribution < 1.29 is 0 Å². The third-order valence-corrected chi connectivity index (χ3v) is 4.48. The van der Waals surface area contributed by atoms with Gasteiger partial charge in [0.25, 0.3) is 0 Å². The van der Waals surface area contributed by atoms with Crippen molar-refractivity contribution in [3.8, 4) is 0 Å². The number of nitrogens with zero attached hydrogens (tertiary/aromatic N) is 3. The molecule has 3 heteroatoms. The minimum absolute atomic E-state index is 0.659. The molecule has 3 rings (SSSR count). The van der Waals surface area contributed by atoms with E-state index in [1.54, 1.807) is 0 Å². The monoisotopic (exact) mass is 233 g/mol. The summed E-state index contributed by atoms with van der Waals surface area (Å²) in [5.41, 5.74) is 1.47. The Hall–Kier alpha value is -0.830. The summed E-state index contributed by atoms with van der Waals surface area (Å²) >= 11 is 0. The van der Waals surface area contributed by atoms with Crippen LogP contribution in [0.3, 0.4) is 0 Å². The van der Waals surface area contributed by atoms with Gasteiger partial charge >= 0.3 is 0 Å². The quantitative estimate of drug-likeness (QED) is 0.783. The summed E-state index contributed by atoms with van der Waals surface area (Å²) in [7, 11) is 0. The molecule has 0 saturated carbocycles. The van der Waals surface area contributed by atoms with Gasteiger partial charge in [-0.15, -0.1) is 0 Å². The average Bonchev–Trinajstić information content (AvgIpc) is 2.94. The van der Waals surface area contributed by atoms with Crippen LogP contribution >= 0.6 is 0 Å². The maximum atomic E-state index is 4.74. The van der Waals surface area contributed by atoms with Gasteiger partial charge in [-0.05, 0) is 45.7 Å². The lowest BCUT2D eigenvalue weighted by molar-refractivity contribution is 0.347. The number of likely N-dealkylation sites (tertiary alicyclic amines) is 1. The van der Waals surface area contributed by atoms with Crippen LogP contribution in [0.1, 0.15) is 56.6 Å². The van der Waals surface area contributed by atoms with Crippen molar-refractivity contribution in [1.82, 2.24) is 14.5 Å². The molecule has 2 unspecified atom stereocenters. The lowest BCUT2D eigenvalue weighted by atomic mass is 10.0. The van der Waals surface area contributed by atoms with Crippen molar-refractivity contribution >= 4 is 0 Å². The minimum atomic E-state index is 0.659. The smallest absolute Gasteiger partial charge is 0.113 e. The molecule has 2 atom stereocenters. The Morgan fingerprint density at radius 2 is 2.29 bits per heavy atom. The normalized spacial score (nSPS) is 29.5. The number of aromatic nitrogens is 2. The Bertz CT molecular complexity index is 396. The van der Waals surface area contributed by atoms with E-state index in [0.717, 1.165) is 0 Å². The highest BCUT2D eigenvalue weighted by molar-refractivity contribution is 5.14. The van der Waals surface area contributed by atoms with Gasteiger partial charge in [-0.25, -0.2) is 4.98 Å². The summed E-state index contributed by atoms with van der Waals surface area (Å²) in [5.74, 6) is 2.03. The highest BCUT2D eigenvalue weighted by Gasteiger charge is 2.29. The largest absolute Gasteiger partial charge is 0.329 e. The van der Waals surface area contributed by atoms with Crippen LogP contribution in [0.2, 0.25) is 0 Å². The van der Waals surface area contributed by atoms with Crippen molar-refractivity contribution in [2.75, 3.05) is 19.6 Å². The number of hydrogen-bond donors (Lipinski definition) is 0. The SMILES string of the molecule is CCN1CCC(c2ncc3n2C(C)CCC3)C1. The molecule has 1 saturated heterocycles. The van der Waals surface area contributed by atoms with Gasteiger partial charge in [0.1, 0.15) is 5.82 Å². The molecule has 0 spiro atoms. The molecule has 0 bridgehead atoms. The average molecular weight is 233 g/mol. The van der Waals surface area contributed by atoms with E-state index in [0.29, 0.717) is 12.0 Å². The summed E-state index contributed by atoms with van der Waals surface area (Å²) in [6.07, 6.45) is 7.29. The predicted molar refractivity (Wildman–Crippen MR) is 69.3 cm³/mol. The molecule has 94 valence electrons. The Balaban J connectivity index is 1.86. The number of aryl methyl sites for hydroxylation is 1. The zero-order valence-corrected chi connectivity index (χ0v) is 11.0. The molecular formula is C14H23N3. The van der Waals surface area contributed by atoms with Crippen molar-refractivity contribution in [3.63, 3.8) is 0 Å². The number of likely N-dealkylation sites (N-methyl/N-ethyl adjacent to an activating group) is 1. The molecule has 2 aliphatic heterocycles. The summed E-state index contributed by atoms with van der Waals surface area (Å²) < 4.78 is 2.54. The van der Waals surface area contributed by atoms with Crippen molar-refractivity contribution in [2.24, 2.45) is 0 Å². The predicted octanol–water partition coefficient (Wildman–Crippen LogP) is 2.59. The highest BCUT2D eigenvalue weighted by Crippen LogP contribution is 2.33. The maximum absolute atomic E-state index is 4.74. The lowest BCUT2D eigenvalue weighted by Crippen LogP contribution is -2.22.